The molecular weight excluding hydrogens is 441 g/mol. The van der Waals surface area contributed by atoms with E-state index >= 15 is 0 Å². The molecule has 0 atom stereocenters. The number of carbonyl (C=O) groups excluding carboxylic acids is 3. The molecule has 0 aliphatic heterocycles. The van der Waals surface area contributed by atoms with E-state index < -0.39 is 36.1 Å². The zero-order chi connectivity index (χ0) is 24.0. The van der Waals surface area contributed by atoms with Gasteiger partial charge in [-0.15, -0.1) is 0 Å². The van der Waals surface area contributed by atoms with E-state index in [1.807, 2.05) is 0 Å². The number of ether oxygens (including phenoxy) is 1. The van der Waals surface area contributed by atoms with Gasteiger partial charge < -0.3 is 21.1 Å². The molecule has 4 N–H and O–H groups in total. The number of pyridine rings is 1. The number of nitrogens with two attached hydrogens (primary N) is 1. The van der Waals surface area contributed by atoms with Gasteiger partial charge in [0, 0.05) is 23.1 Å². The minimum absolute atomic E-state index is 0.0377. The van der Waals surface area contributed by atoms with Crippen molar-refractivity contribution < 1.29 is 32.3 Å². The number of benzene rings is 2. The number of nitrogens with one attached hydrogen (secondary N) is 2. The smallest absolute Gasteiger partial charge is 0.416 e. The number of amides is 2. The lowest BCUT2D eigenvalue weighted by molar-refractivity contribution is -0.137. The lowest BCUT2D eigenvalue weighted by Crippen LogP contribution is -2.21. The van der Waals surface area contributed by atoms with Crippen molar-refractivity contribution in [2.24, 2.45) is 5.73 Å². The zero-order valence-electron chi connectivity index (χ0n) is 16.8. The van der Waals surface area contributed by atoms with Crippen LogP contribution < -0.4 is 16.4 Å². The molecule has 0 unspecified atom stereocenters. The molecule has 0 bridgehead atoms. The molecule has 0 aliphatic rings. The van der Waals surface area contributed by atoms with Crippen LogP contribution in [0.25, 0.3) is 0 Å². The highest BCUT2D eigenvalue weighted by Crippen LogP contribution is 2.31. The fraction of sp³-hybridized carbons (Fsp3) is 0.0909. The maximum absolute atomic E-state index is 12.9. The molecule has 33 heavy (non-hydrogen) atoms. The summed E-state index contributed by atoms with van der Waals surface area (Å²) in [4.78, 5) is 39.5. The predicted molar refractivity (Wildman–Crippen MR) is 113 cm³/mol. The van der Waals surface area contributed by atoms with E-state index in [0.717, 1.165) is 12.1 Å². The van der Waals surface area contributed by atoms with Crippen molar-refractivity contribution in [2.75, 3.05) is 17.2 Å². The van der Waals surface area contributed by atoms with Gasteiger partial charge in [0.1, 0.15) is 11.4 Å². The molecule has 0 saturated heterocycles. The van der Waals surface area contributed by atoms with Gasteiger partial charge in [-0.1, -0.05) is 6.07 Å². The van der Waals surface area contributed by atoms with Crippen LogP contribution in [0.2, 0.25) is 0 Å². The maximum Gasteiger partial charge on any atom is 0.416 e. The summed E-state index contributed by atoms with van der Waals surface area (Å²) in [5, 5.41) is 5.14. The molecule has 0 radical (unpaired) electrons. The second-order valence-electron chi connectivity index (χ2n) is 6.67. The Morgan fingerprint density at radius 2 is 1.70 bits per heavy atom. The molecule has 2 aromatic carbocycles. The average Bonchev–Trinajstić information content (AvgIpc) is 2.78. The van der Waals surface area contributed by atoms with Crippen molar-refractivity contribution in [1.82, 2.24) is 4.98 Å². The molecular formula is C22H17F3N4O4. The fourth-order valence-electron chi connectivity index (χ4n) is 2.70. The zero-order valence-corrected chi connectivity index (χ0v) is 16.8. The number of carbonyl (C=O) groups is 3. The summed E-state index contributed by atoms with van der Waals surface area (Å²) in [6.07, 6.45) is -3.19. The molecule has 0 fully saturated rings. The third-order valence-electron chi connectivity index (χ3n) is 4.27. The number of esters is 1. The first kappa shape index (κ1) is 23.3. The van der Waals surface area contributed by atoms with E-state index in [-0.39, 0.29) is 22.6 Å². The number of alkyl halides is 3. The van der Waals surface area contributed by atoms with Crippen LogP contribution in [0.5, 0.6) is 0 Å². The second kappa shape index (κ2) is 9.81. The summed E-state index contributed by atoms with van der Waals surface area (Å²) < 4.78 is 43.8. The van der Waals surface area contributed by atoms with Gasteiger partial charge in [0.2, 0.25) is 5.91 Å². The third kappa shape index (κ3) is 6.29. The number of primary amides is 1. The summed E-state index contributed by atoms with van der Waals surface area (Å²) in [5.74, 6) is -2.21. The van der Waals surface area contributed by atoms with Gasteiger partial charge in [0.25, 0.3) is 5.91 Å². The molecule has 2 amide bonds. The van der Waals surface area contributed by atoms with Crippen LogP contribution in [-0.2, 0) is 15.7 Å². The van der Waals surface area contributed by atoms with Gasteiger partial charge in [0.15, 0.2) is 6.61 Å². The number of rotatable bonds is 7. The van der Waals surface area contributed by atoms with E-state index in [1.54, 1.807) is 0 Å². The Labute approximate surface area is 185 Å². The van der Waals surface area contributed by atoms with Crippen LogP contribution in [0.4, 0.5) is 30.4 Å². The van der Waals surface area contributed by atoms with Gasteiger partial charge in [-0.05, 0) is 54.6 Å². The maximum atomic E-state index is 12.9. The van der Waals surface area contributed by atoms with Crippen LogP contribution in [0.1, 0.15) is 26.3 Å². The number of anilines is 3. The monoisotopic (exact) mass is 458 g/mol. The van der Waals surface area contributed by atoms with Crippen molar-refractivity contribution in [3.63, 3.8) is 0 Å². The van der Waals surface area contributed by atoms with Crippen LogP contribution in [-0.4, -0.2) is 29.4 Å². The Morgan fingerprint density at radius 3 is 2.36 bits per heavy atom. The second-order valence-corrected chi connectivity index (χ2v) is 6.67. The van der Waals surface area contributed by atoms with Crippen molar-refractivity contribution in [3.05, 3.63) is 83.6 Å². The summed E-state index contributed by atoms with van der Waals surface area (Å²) in [7, 11) is 0. The molecule has 8 nitrogen and oxygen atoms in total. The Morgan fingerprint density at radius 1 is 0.970 bits per heavy atom. The molecule has 170 valence electrons. The first-order valence-electron chi connectivity index (χ1n) is 9.39. The van der Waals surface area contributed by atoms with Crippen molar-refractivity contribution in [2.45, 2.75) is 6.18 Å². The third-order valence-corrected chi connectivity index (χ3v) is 4.27. The first-order chi connectivity index (χ1) is 15.6. The van der Waals surface area contributed by atoms with Crippen molar-refractivity contribution >= 4 is 35.0 Å². The standard InChI is InChI=1S/C22H17F3N4O4/c23-22(24,25)14-3-1-4-16(11-14)29-20-17(5-2-10-27-20)21(32)33-12-18(30)28-15-8-6-13(7-9-15)19(26)31/h1-11H,12H2,(H2,26,31)(H,27,29)(H,28,30). The van der Waals surface area contributed by atoms with Gasteiger partial charge >= 0.3 is 12.1 Å². The van der Waals surface area contributed by atoms with Crippen LogP contribution in [0.15, 0.2) is 66.9 Å². The molecule has 0 saturated carbocycles. The van der Waals surface area contributed by atoms with Crippen LogP contribution >= 0.6 is 0 Å². The largest absolute Gasteiger partial charge is 0.452 e. The summed E-state index contributed by atoms with van der Waals surface area (Å²) in [6, 6.07) is 12.9. The van der Waals surface area contributed by atoms with Gasteiger partial charge in [-0.25, -0.2) is 9.78 Å². The summed E-state index contributed by atoms with van der Waals surface area (Å²) >= 11 is 0. The SMILES string of the molecule is NC(=O)c1ccc(NC(=O)COC(=O)c2cccnc2Nc2cccc(C(F)(F)F)c2)cc1. The molecule has 3 aromatic rings. The highest BCUT2D eigenvalue weighted by atomic mass is 19.4. The van der Waals surface area contributed by atoms with Crippen molar-refractivity contribution in [1.29, 1.82) is 0 Å². The Bertz CT molecular complexity index is 1180. The van der Waals surface area contributed by atoms with E-state index in [1.165, 1.54) is 54.7 Å². The topological polar surface area (TPSA) is 123 Å². The lowest BCUT2D eigenvalue weighted by Gasteiger charge is -2.13. The van der Waals surface area contributed by atoms with Crippen LogP contribution in [0, 0.1) is 0 Å². The summed E-state index contributed by atoms with van der Waals surface area (Å²) in [5.41, 5.74) is 4.88. The van der Waals surface area contributed by atoms with Gasteiger partial charge in [-0.3, -0.25) is 9.59 Å². The van der Waals surface area contributed by atoms with Crippen molar-refractivity contribution in [3.8, 4) is 0 Å². The van der Waals surface area contributed by atoms with Crippen LogP contribution in [0.3, 0.4) is 0 Å². The molecule has 0 spiro atoms. The minimum atomic E-state index is -4.53. The molecule has 1 aromatic heterocycles. The van der Waals surface area contributed by atoms with E-state index in [9.17, 15) is 27.6 Å². The Kier molecular flexibility index (Phi) is 6.91. The minimum Gasteiger partial charge on any atom is -0.452 e. The predicted octanol–water partition coefficient (Wildman–Crippen LogP) is 3.74. The number of halogens is 3. The number of hydrogen-bond acceptors (Lipinski definition) is 6. The highest BCUT2D eigenvalue weighted by Gasteiger charge is 2.30. The fourth-order valence-corrected chi connectivity index (χ4v) is 2.70. The van der Waals surface area contributed by atoms with E-state index in [0.29, 0.717) is 5.69 Å². The highest BCUT2D eigenvalue weighted by molar-refractivity contribution is 5.98. The summed E-state index contributed by atoms with van der Waals surface area (Å²) in [6.45, 7) is -0.631. The van der Waals surface area contributed by atoms with E-state index in [2.05, 4.69) is 15.6 Å². The quantitative estimate of drug-likeness (QED) is 0.464. The normalized spacial score (nSPS) is 10.9. The first-order valence-corrected chi connectivity index (χ1v) is 9.39. The molecule has 11 heteroatoms. The number of nitrogens with zero attached hydrogens (tertiary/aromatic N) is 1. The van der Waals surface area contributed by atoms with Gasteiger partial charge in [-0.2, -0.15) is 13.2 Å². The average molecular weight is 458 g/mol. The molecule has 3 rings (SSSR count). The number of hydrogen-bond donors (Lipinski definition) is 3. The van der Waals surface area contributed by atoms with Gasteiger partial charge in [0.05, 0.1) is 5.56 Å². The number of aromatic nitrogens is 1. The Hall–Kier alpha value is -4.41. The van der Waals surface area contributed by atoms with E-state index in [4.69, 9.17) is 10.5 Å². The molecule has 0 aliphatic carbocycles. The Balaban J connectivity index is 1.64. The lowest BCUT2D eigenvalue weighted by atomic mass is 10.2. The molecule has 1 heterocycles.